The number of halogens is 1. The highest BCUT2D eigenvalue weighted by atomic mass is 79.9. The molecule has 1 fully saturated rings. The zero-order chi connectivity index (χ0) is 13.8. The van der Waals surface area contributed by atoms with Crippen molar-refractivity contribution in [3.8, 4) is 0 Å². The quantitative estimate of drug-likeness (QED) is 0.712. The van der Waals surface area contributed by atoms with E-state index in [-0.39, 0.29) is 11.5 Å². The topological polar surface area (TPSA) is 80.3 Å². The minimum absolute atomic E-state index is 0.298. The Hall–Kier alpha value is 0.340. The Kier molecular flexibility index (Phi) is 6.08. The standard InChI is InChI=1S/C10H20BrNO4S2/c1-17(13,14)6-7-18(15,16)12-8-9-4-2-3-5-10(9)11/h9-10,12H,2-8H2,1H3. The molecule has 0 saturated heterocycles. The maximum atomic E-state index is 11.6. The summed E-state index contributed by atoms with van der Waals surface area (Å²) in [7, 11) is -6.73. The molecule has 0 spiro atoms. The van der Waals surface area contributed by atoms with Crippen LogP contribution in [0.25, 0.3) is 0 Å². The average Bonchev–Trinajstić information content (AvgIpc) is 2.25. The summed E-state index contributed by atoms with van der Waals surface area (Å²) in [6, 6.07) is 0. The number of sulfonamides is 1. The SMILES string of the molecule is CS(=O)(=O)CCS(=O)(=O)NCC1CCCCC1Br. The maximum Gasteiger partial charge on any atom is 0.212 e. The molecule has 2 unspecified atom stereocenters. The van der Waals surface area contributed by atoms with Crippen LogP contribution in [-0.4, -0.2) is 46.0 Å². The van der Waals surface area contributed by atoms with Gasteiger partial charge in [0.2, 0.25) is 10.0 Å². The van der Waals surface area contributed by atoms with Gasteiger partial charge in [-0.05, 0) is 18.8 Å². The molecule has 0 aromatic rings. The lowest BCUT2D eigenvalue weighted by atomic mass is 9.89. The van der Waals surface area contributed by atoms with Crippen molar-refractivity contribution in [1.29, 1.82) is 0 Å². The predicted octanol–water partition coefficient (Wildman–Crippen LogP) is 0.904. The van der Waals surface area contributed by atoms with E-state index in [4.69, 9.17) is 0 Å². The van der Waals surface area contributed by atoms with E-state index in [1.54, 1.807) is 0 Å². The molecule has 1 N–H and O–H groups in total. The summed E-state index contributed by atoms with van der Waals surface area (Å²) < 4.78 is 47.7. The van der Waals surface area contributed by atoms with Gasteiger partial charge in [-0.15, -0.1) is 0 Å². The van der Waals surface area contributed by atoms with Crippen molar-refractivity contribution >= 4 is 35.8 Å². The Labute approximate surface area is 118 Å². The Morgan fingerprint density at radius 3 is 2.28 bits per heavy atom. The first kappa shape index (κ1) is 16.4. The van der Waals surface area contributed by atoms with E-state index in [0.717, 1.165) is 25.5 Å². The van der Waals surface area contributed by atoms with E-state index in [0.29, 0.717) is 17.3 Å². The summed E-state index contributed by atoms with van der Waals surface area (Å²) >= 11 is 3.56. The van der Waals surface area contributed by atoms with Crippen molar-refractivity contribution < 1.29 is 16.8 Å². The van der Waals surface area contributed by atoms with Crippen molar-refractivity contribution in [2.24, 2.45) is 5.92 Å². The smallest absolute Gasteiger partial charge is 0.212 e. The van der Waals surface area contributed by atoms with Crippen LogP contribution < -0.4 is 4.72 Å². The van der Waals surface area contributed by atoms with Gasteiger partial charge in [-0.25, -0.2) is 21.6 Å². The van der Waals surface area contributed by atoms with Crippen molar-refractivity contribution in [3.05, 3.63) is 0 Å². The zero-order valence-electron chi connectivity index (χ0n) is 10.4. The van der Waals surface area contributed by atoms with E-state index in [9.17, 15) is 16.8 Å². The molecule has 0 amide bonds. The van der Waals surface area contributed by atoms with Crippen molar-refractivity contribution in [3.63, 3.8) is 0 Å². The number of hydrogen-bond donors (Lipinski definition) is 1. The second-order valence-electron chi connectivity index (χ2n) is 4.86. The van der Waals surface area contributed by atoms with Gasteiger partial charge in [0.25, 0.3) is 0 Å². The number of hydrogen-bond acceptors (Lipinski definition) is 4. The summed E-state index contributed by atoms with van der Waals surface area (Å²) in [6.45, 7) is 0.391. The van der Waals surface area contributed by atoms with Gasteiger partial charge in [0.1, 0.15) is 9.84 Å². The second kappa shape index (κ2) is 6.67. The molecule has 0 aromatic heterocycles. The van der Waals surface area contributed by atoms with E-state index in [2.05, 4.69) is 20.7 Å². The van der Waals surface area contributed by atoms with Gasteiger partial charge in [0.15, 0.2) is 0 Å². The fourth-order valence-electron chi connectivity index (χ4n) is 1.96. The van der Waals surface area contributed by atoms with Gasteiger partial charge in [-0.3, -0.25) is 0 Å². The molecule has 0 aliphatic heterocycles. The van der Waals surface area contributed by atoms with Gasteiger partial charge in [-0.2, -0.15) is 0 Å². The Morgan fingerprint density at radius 1 is 1.11 bits per heavy atom. The van der Waals surface area contributed by atoms with E-state index >= 15 is 0 Å². The van der Waals surface area contributed by atoms with E-state index in [1.807, 2.05) is 0 Å². The Balaban J connectivity index is 2.41. The first-order valence-corrected chi connectivity index (χ1v) is 10.6. The summed E-state index contributed by atoms with van der Waals surface area (Å²) in [5.74, 6) is -0.386. The third-order valence-corrected chi connectivity index (χ3v) is 6.86. The minimum atomic E-state index is -3.49. The molecule has 1 aliphatic carbocycles. The van der Waals surface area contributed by atoms with E-state index < -0.39 is 19.9 Å². The molecule has 8 heteroatoms. The first-order chi connectivity index (χ1) is 8.20. The highest BCUT2D eigenvalue weighted by molar-refractivity contribution is 9.09. The fraction of sp³-hybridized carbons (Fsp3) is 1.00. The van der Waals surface area contributed by atoms with Crippen LogP contribution in [0.4, 0.5) is 0 Å². The second-order valence-corrected chi connectivity index (χ2v) is 10.2. The number of nitrogens with one attached hydrogen (secondary N) is 1. The molecule has 2 atom stereocenters. The molecule has 1 aliphatic rings. The molecule has 1 saturated carbocycles. The van der Waals surface area contributed by atoms with Crippen LogP contribution in [0.1, 0.15) is 25.7 Å². The van der Waals surface area contributed by atoms with Crippen molar-refractivity contribution in [2.45, 2.75) is 30.5 Å². The third kappa shape index (κ3) is 6.49. The highest BCUT2D eigenvalue weighted by Gasteiger charge is 2.24. The highest BCUT2D eigenvalue weighted by Crippen LogP contribution is 2.29. The lowest BCUT2D eigenvalue weighted by molar-refractivity contribution is 0.373. The average molecular weight is 362 g/mol. The maximum absolute atomic E-state index is 11.6. The minimum Gasteiger partial charge on any atom is -0.229 e. The molecule has 0 bridgehead atoms. The summed E-state index contributed by atoms with van der Waals surface area (Å²) in [5.41, 5.74) is 0. The van der Waals surface area contributed by atoms with Crippen LogP contribution in [0.5, 0.6) is 0 Å². The van der Waals surface area contributed by atoms with Gasteiger partial charge >= 0.3 is 0 Å². The van der Waals surface area contributed by atoms with Gasteiger partial charge in [0.05, 0.1) is 11.5 Å². The number of sulfone groups is 1. The van der Waals surface area contributed by atoms with Crippen molar-refractivity contribution in [1.82, 2.24) is 4.72 Å². The molecule has 0 aromatic carbocycles. The first-order valence-electron chi connectivity index (χ1n) is 5.99. The zero-order valence-corrected chi connectivity index (χ0v) is 13.7. The van der Waals surface area contributed by atoms with Crippen LogP contribution in [0, 0.1) is 5.92 Å². The van der Waals surface area contributed by atoms with Crippen LogP contribution in [0.15, 0.2) is 0 Å². The Bertz CT molecular complexity index is 460. The summed E-state index contributed by atoms with van der Waals surface area (Å²) in [6.07, 6.45) is 5.41. The van der Waals surface area contributed by atoms with Crippen LogP contribution in [-0.2, 0) is 19.9 Å². The van der Waals surface area contributed by atoms with Crippen LogP contribution >= 0.6 is 15.9 Å². The lowest BCUT2D eigenvalue weighted by Gasteiger charge is -2.27. The largest absolute Gasteiger partial charge is 0.229 e. The molecule has 0 radical (unpaired) electrons. The lowest BCUT2D eigenvalue weighted by Crippen LogP contribution is -2.36. The molecule has 5 nitrogen and oxygen atoms in total. The van der Waals surface area contributed by atoms with Crippen LogP contribution in [0.2, 0.25) is 0 Å². The number of rotatable bonds is 6. The summed E-state index contributed by atoms with van der Waals surface area (Å²) in [4.78, 5) is 0.351. The van der Waals surface area contributed by atoms with Gasteiger partial charge in [0, 0.05) is 17.6 Å². The normalized spacial score (nSPS) is 26.1. The molecular formula is C10H20BrNO4S2. The van der Waals surface area contributed by atoms with Crippen molar-refractivity contribution in [2.75, 3.05) is 24.3 Å². The van der Waals surface area contributed by atoms with E-state index in [1.165, 1.54) is 6.42 Å². The monoisotopic (exact) mass is 361 g/mol. The van der Waals surface area contributed by atoms with Gasteiger partial charge < -0.3 is 0 Å². The summed E-state index contributed by atoms with van der Waals surface area (Å²) in [5, 5.41) is 0. The predicted molar refractivity (Wildman–Crippen MR) is 76.2 cm³/mol. The third-order valence-electron chi connectivity index (χ3n) is 3.10. The van der Waals surface area contributed by atoms with Gasteiger partial charge in [-0.1, -0.05) is 28.8 Å². The molecular weight excluding hydrogens is 342 g/mol. The molecule has 1 rings (SSSR count). The molecule has 18 heavy (non-hydrogen) atoms. The fourth-order valence-corrected chi connectivity index (χ4v) is 5.44. The Morgan fingerprint density at radius 2 is 1.72 bits per heavy atom. The molecule has 108 valence electrons. The molecule has 0 heterocycles. The van der Waals surface area contributed by atoms with Crippen LogP contribution in [0.3, 0.4) is 0 Å². The number of alkyl halides is 1.